The van der Waals surface area contributed by atoms with Crippen molar-refractivity contribution >= 4 is 42.5 Å². The van der Waals surface area contributed by atoms with Crippen molar-refractivity contribution in [1.29, 1.82) is 0 Å². The third-order valence-electron chi connectivity index (χ3n) is 4.54. The summed E-state index contributed by atoms with van der Waals surface area (Å²) in [6.45, 7) is 4.61. The molecule has 4 nitrogen and oxygen atoms in total. The van der Waals surface area contributed by atoms with Gasteiger partial charge in [0.05, 0.1) is 17.5 Å². The highest BCUT2D eigenvalue weighted by Gasteiger charge is 2.27. The molecule has 0 radical (unpaired) electrons. The van der Waals surface area contributed by atoms with Crippen LogP contribution in [0.4, 0.5) is 0 Å². The van der Waals surface area contributed by atoms with Crippen LogP contribution >= 0.6 is 36.6 Å². The molecule has 1 fully saturated rings. The molecule has 3 rings (SSSR count). The zero-order valence-electron chi connectivity index (χ0n) is 15.5. The first kappa shape index (κ1) is 23.8. The van der Waals surface area contributed by atoms with E-state index in [-0.39, 0.29) is 36.8 Å². The molecule has 1 aliphatic rings. The van der Waals surface area contributed by atoms with Gasteiger partial charge >= 0.3 is 0 Å². The fourth-order valence-corrected chi connectivity index (χ4v) is 3.91. The Hall–Kier alpha value is -1.27. The maximum atomic E-state index is 12.8. The molecular weight excluding hydrogens is 401 g/mol. The first-order valence-electron chi connectivity index (χ1n) is 8.84. The topological polar surface area (TPSA) is 45.2 Å². The van der Waals surface area contributed by atoms with Gasteiger partial charge in [0, 0.05) is 31.6 Å². The molecule has 0 saturated carbocycles. The Balaban J connectivity index is 0.00000182. The standard InChI is InChI=1S/C20H25N3OS.2ClH/c1-2-16-6-8-17(9-7-16)19-13-21-11-12-23(19)20(24)15-25-14-18-5-3-4-10-22-18;;/h3-10,19,21H,2,11-15H2,1H3;2*1H. The Morgan fingerprint density at radius 2 is 2.00 bits per heavy atom. The van der Waals surface area contributed by atoms with Crippen LogP contribution in [0.1, 0.15) is 29.8 Å². The van der Waals surface area contributed by atoms with Gasteiger partial charge in [0.15, 0.2) is 0 Å². The monoisotopic (exact) mass is 427 g/mol. The summed E-state index contributed by atoms with van der Waals surface area (Å²) in [4.78, 5) is 19.1. The van der Waals surface area contributed by atoms with E-state index in [1.807, 2.05) is 23.1 Å². The highest BCUT2D eigenvalue weighted by atomic mass is 35.5. The van der Waals surface area contributed by atoms with Crippen LogP contribution < -0.4 is 5.32 Å². The van der Waals surface area contributed by atoms with Crippen molar-refractivity contribution in [2.45, 2.75) is 25.1 Å². The average molecular weight is 428 g/mol. The zero-order chi connectivity index (χ0) is 17.5. The summed E-state index contributed by atoms with van der Waals surface area (Å²) in [5.74, 6) is 1.49. The van der Waals surface area contributed by atoms with E-state index in [0.29, 0.717) is 5.75 Å². The summed E-state index contributed by atoms with van der Waals surface area (Å²) >= 11 is 1.64. The molecule has 7 heteroatoms. The molecule has 0 aliphatic carbocycles. The van der Waals surface area contributed by atoms with Crippen molar-refractivity contribution in [2.24, 2.45) is 0 Å². The fraction of sp³-hybridized carbons (Fsp3) is 0.400. The van der Waals surface area contributed by atoms with E-state index in [9.17, 15) is 4.79 Å². The smallest absolute Gasteiger partial charge is 0.233 e. The third-order valence-corrected chi connectivity index (χ3v) is 5.49. The number of pyridine rings is 1. The Morgan fingerprint density at radius 1 is 1.22 bits per heavy atom. The van der Waals surface area contributed by atoms with Gasteiger partial charge in [-0.25, -0.2) is 0 Å². The van der Waals surface area contributed by atoms with Gasteiger partial charge in [-0.05, 0) is 29.7 Å². The first-order chi connectivity index (χ1) is 12.3. The highest BCUT2D eigenvalue weighted by Crippen LogP contribution is 2.24. The number of nitrogens with one attached hydrogen (secondary N) is 1. The number of aromatic nitrogens is 1. The molecule has 1 aromatic carbocycles. The number of hydrogen-bond acceptors (Lipinski definition) is 4. The second-order valence-corrected chi connectivity index (χ2v) is 7.20. The average Bonchev–Trinajstić information content (AvgIpc) is 2.69. The van der Waals surface area contributed by atoms with E-state index in [1.54, 1.807) is 18.0 Å². The fourth-order valence-electron chi connectivity index (χ4n) is 3.09. The van der Waals surface area contributed by atoms with Gasteiger partial charge in [-0.1, -0.05) is 37.3 Å². The number of hydrogen-bond donors (Lipinski definition) is 1. The van der Waals surface area contributed by atoms with Gasteiger partial charge in [-0.2, -0.15) is 0 Å². The second kappa shape index (κ2) is 12.2. The number of carbonyl (C=O) groups excluding carboxylic acids is 1. The van der Waals surface area contributed by atoms with E-state index in [0.717, 1.165) is 37.5 Å². The van der Waals surface area contributed by atoms with Crippen molar-refractivity contribution in [1.82, 2.24) is 15.2 Å². The van der Waals surface area contributed by atoms with E-state index in [2.05, 4.69) is 41.5 Å². The van der Waals surface area contributed by atoms with Crippen molar-refractivity contribution in [2.75, 3.05) is 25.4 Å². The largest absolute Gasteiger partial charge is 0.332 e. The minimum atomic E-state index is 0. The van der Waals surface area contributed by atoms with Gasteiger partial charge in [-0.15, -0.1) is 36.6 Å². The van der Waals surface area contributed by atoms with Crippen LogP contribution in [0, 0.1) is 0 Å². The second-order valence-electron chi connectivity index (χ2n) is 6.22. The summed E-state index contributed by atoms with van der Waals surface area (Å²) in [5.41, 5.74) is 3.57. The first-order valence-corrected chi connectivity index (χ1v) is 10.00. The molecular formula is C20H27Cl2N3OS. The van der Waals surface area contributed by atoms with Gasteiger partial charge in [0.2, 0.25) is 5.91 Å². The zero-order valence-corrected chi connectivity index (χ0v) is 17.9. The van der Waals surface area contributed by atoms with E-state index >= 15 is 0 Å². The molecule has 1 amide bonds. The molecule has 2 aromatic rings. The number of rotatable bonds is 6. The number of halogens is 2. The Morgan fingerprint density at radius 3 is 2.67 bits per heavy atom. The lowest BCUT2D eigenvalue weighted by molar-refractivity contribution is -0.131. The van der Waals surface area contributed by atoms with E-state index in [1.165, 1.54) is 11.1 Å². The van der Waals surface area contributed by atoms with E-state index in [4.69, 9.17) is 0 Å². The number of amides is 1. The number of piperazine rings is 1. The summed E-state index contributed by atoms with van der Waals surface area (Å²) < 4.78 is 0. The van der Waals surface area contributed by atoms with Crippen molar-refractivity contribution in [3.63, 3.8) is 0 Å². The lowest BCUT2D eigenvalue weighted by atomic mass is 10.0. The maximum Gasteiger partial charge on any atom is 0.233 e. The van der Waals surface area contributed by atoms with Crippen molar-refractivity contribution in [3.05, 3.63) is 65.5 Å². The van der Waals surface area contributed by atoms with Crippen molar-refractivity contribution in [3.8, 4) is 0 Å². The van der Waals surface area contributed by atoms with Crippen LogP contribution in [0.2, 0.25) is 0 Å². The molecule has 1 N–H and O–H groups in total. The summed E-state index contributed by atoms with van der Waals surface area (Å²) in [5, 5.41) is 3.42. The number of benzene rings is 1. The molecule has 1 aliphatic heterocycles. The minimum absolute atomic E-state index is 0. The Bertz CT molecular complexity index is 685. The maximum absolute atomic E-state index is 12.8. The number of aryl methyl sites for hydroxylation is 1. The predicted molar refractivity (Wildman–Crippen MR) is 118 cm³/mol. The molecule has 1 unspecified atom stereocenters. The van der Waals surface area contributed by atoms with E-state index < -0.39 is 0 Å². The quantitative estimate of drug-likeness (QED) is 0.758. The molecule has 0 bridgehead atoms. The van der Waals surface area contributed by atoms with Gasteiger partial charge < -0.3 is 10.2 Å². The SMILES string of the molecule is CCc1ccc(C2CNCCN2C(=O)CSCc2ccccn2)cc1.Cl.Cl. The Labute approximate surface area is 178 Å². The van der Waals surface area contributed by atoms with Crippen LogP contribution in [0.3, 0.4) is 0 Å². The molecule has 27 heavy (non-hydrogen) atoms. The summed E-state index contributed by atoms with van der Waals surface area (Å²) in [6, 6.07) is 14.7. The van der Waals surface area contributed by atoms with Gasteiger partial charge in [0.1, 0.15) is 0 Å². The number of thioether (sulfide) groups is 1. The molecule has 1 saturated heterocycles. The van der Waals surface area contributed by atoms with Crippen LogP contribution in [-0.2, 0) is 17.0 Å². The number of nitrogens with zero attached hydrogens (tertiary/aromatic N) is 2. The lowest BCUT2D eigenvalue weighted by Crippen LogP contribution is -2.49. The molecule has 1 aromatic heterocycles. The van der Waals surface area contributed by atoms with Crippen LogP contribution in [0.15, 0.2) is 48.7 Å². The summed E-state index contributed by atoms with van der Waals surface area (Å²) in [6.07, 6.45) is 2.83. The van der Waals surface area contributed by atoms with Crippen LogP contribution in [-0.4, -0.2) is 41.2 Å². The number of carbonyl (C=O) groups is 1. The van der Waals surface area contributed by atoms with Gasteiger partial charge in [-0.3, -0.25) is 9.78 Å². The third kappa shape index (κ3) is 6.68. The predicted octanol–water partition coefficient (Wildman–Crippen LogP) is 3.89. The molecule has 148 valence electrons. The minimum Gasteiger partial charge on any atom is -0.332 e. The van der Waals surface area contributed by atoms with Crippen LogP contribution in [0.5, 0.6) is 0 Å². The van der Waals surface area contributed by atoms with Gasteiger partial charge in [0.25, 0.3) is 0 Å². The lowest BCUT2D eigenvalue weighted by Gasteiger charge is -2.36. The Kier molecular flexibility index (Phi) is 10.8. The van der Waals surface area contributed by atoms with Crippen molar-refractivity contribution < 1.29 is 4.79 Å². The highest BCUT2D eigenvalue weighted by molar-refractivity contribution is 7.99. The molecule has 2 heterocycles. The van der Waals surface area contributed by atoms with Crippen LogP contribution in [0.25, 0.3) is 0 Å². The normalized spacial score (nSPS) is 16.2. The summed E-state index contributed by atoms with van der Waals surface area (Å²) in [7, 11) is 0. The molecule has 0 spiro atoms. The molecule has 1 atom stereocenters.